The smallest absolute Gasteiger partial charge is 0.173 e. The molecule has 0 saturated heterocycles. The predicted molar refractivity (Wildman–Crippen MR) is 46.5 cm³/mol. The molecule has 0 aliphatic rings. The van der Waals surface area contributed by atoms with Gasteiger partial charge in [-0.1, -0.05) is 20.3 Å². The van der Waals surface area contributed by atoms with Crippen LogP contribution in [0.25, 0.3) is 0 Å². The Hall–Kier alpha value is -0.590. The topological polar surface area (TPSA) is 3.01 Å². The summed E-state index contributed by atoms with van der Waals surface area (Å²) in [4.78, 5) is 0. The fourth-order valence-electron chi connectivity index (χ4n) is 0.702. The van der Waals surface area contributed by atoms with Gasteiger partial charge >= 0.3 is 0 Å². The summed E-state index contributed by atoms with van der Waals surface area (Å²) in [5.41, 5.74) is 1.12. The van der Waals surface area contributed by atoms with E-state index >= 15 is 0 Å². The SMILES string of the molecule is C=C(CC(C)CC)[N+](=C)C. The largest absolute Gasteiger partial charge is 0.212 e. The average molecular weight is 140 g/mol. The zero-order valence-electron chi connectivity index (χ0n) is 7.35. The van der Waals surface area contributed by atoms with Crippen LogP contribution >= 0.6 is 0 Å². The first-order chi connectivity index (χ1) is 4.57. The first-order valence-electron chi connectivity index (χ1n) is 3.80. The highest BCUT2D eigenvalue weighted by Crippen LogP contribution is 2.11. The van der Waals surface area contributed by atoms with Crippen molar-refractivity contribution in [3.8, 4) is 0 Å². The molecular formula is C9H18N+. The summed E-state index contributed by atoms with van der Waals surface area (Å²) in [5, 5.41) is 0. The van der Waals surface area contributed by atoms with Gasteiger partial charge in [0.25, 0.3) is 0 Å². The Morgan fingerprint density at radius 2 is 2.10 bits per heavy atom. The molecule has 0 saturated carbocycles. The van der Waals surface area contributed by atoms with E-state index in [0.717, 1.165) is 18.0 Å². The van der Waals surface area contributed by atoms with Crippen LogP contribution in [0.3, 0.4) is 0 Å². The molecule has 0 spiro atoms. The maximum absolute atomic E-state index is 3.91. The highest BCUT2D eigenvalue weighted by molar-refractivity contribution is 5.16. The van der Waals surface area contributed by atoms with Crippen molar-refractivity contribution >= 4 is 6.72 Å². The molecule has 1 atom stereocenters. The monoisotopic (exact) mass is 140 g/mol. The summed E-state index contributed by atoms with van der Waals surface area (Å²) < 4.78 is 1.84. The van der Waals surface area contributed by atoms with Gasteiger partial charge in [-0.15, -0.1) is 0 Å². The van der Waals surface area contributed by atoms with Crippen molar-refractivity contribution in [2.75, 3.05) is 7.05 Å². The van der Waals surface area contributed by atoms with Gasteiger partial charge in [0.2, 0.25) is 0 Å². The van der Waals surface area contributed by atoms with Gasteiger partial charge in [-0.25, -0.2) is 4.58 Å². The second-order valence-electron chi connectivity index (χ2n) is 2.98. The van der Waals surface area contributed by atoms with Gasteiger partial charge in [-0.3, -0.25) is 0 Å². The predicted octanol–water partition coefficient (Wildman–Crippen LogP) is 2.28. The van der Waals surface area contributed by atoms with Crippen molar-refractivity contribution in [2.24, 2.45) is 5.92 Å². The number of hydrogen-bond donors (Lipinski definition) is 0. The van der Waals surface area contributed by atoms with Gasteiger partial charge in [-0.05, 0) is 12.5 Å². The quantitative estimate of drug-likeness (QED) is 0.416. The molecule has 1 unspecified atom stereocenters. The summed E-state index contributed by atoms with van der Waals surface area (Å²) in [6.07, 6.45) is 2.28. The number of hydrogen-bond acceptors (Lipinski definition) is 0. The van der Waals surface area contributed by atoms with Crippen LogP contribution < -0.4 is 0 Å². The van der Waals surface area contributed by atoms with Crippen LogP contribution in [-0.2, 0) is 0 Å². The highest BCUT2D eigenvalue weighted by atomic mass is 14.9. The van der Waals surface area contributed by atoms with E-state index in [1.807, 2.05) is 11.6 Å². The first-order valence-corrected chi connectivity index (χ1v) is 3.80. The van der Waals surface area contributed by atoms with E-state index in [9.17, 15) is 0 Å². The Morgan fingerprint density at radius 1 is 1.60 bits per heavy atom. The Balaban J connectivity index is 3.68. The van der Waals surface area contributed by atoms with Crippen LogP contribution in [0.15, 0.2) is 12.3 Å². The average Bonchev–Trinajstić information content (AvgIpc) is 1.87. The lowest BCUT2D eigenvalue weighted by Gasteiger charge is -2.05. The molecule has 0 aromatic rings. The lowest BCUT2D eigenvalue weighted by Crippen LogP contribution is -2.04. The van der Waals surface area contributed by atoms with Gasteiger partial charge in [0.05, 0.1) is 0 Å². The molecule has 58 valence electrons. The normalized spacial score (nSPS) is 12.7. The molecule has 0 rings (SSSR count). The summed E-state index contributed by atoms with van der Waals surface area (Å²) >= 11 is 0. The fraction of sp³-hybridized carbons (Fsp3) is 0.667. The molecule has 0 N–H and O–H groups in total. The van der Waals surface area contributed by atoms with E-state index in [4.69, 9.17) is 0 Å². The van der Waals surface area contributed by atoms with Gasteiger partial charge < -0.3 is 0 Å². The van der Waals surface area contributed by atoms with Crippen LogP contribution in [0, 0.1) is 5.92 Å². The molecule has 0 amide bonds. The summed E-state index contributed by atoms with van der Waals surface area (Å²) in [6.45, 7) is 12.1. The van der Waals surface area contributed by atoms with Crippen molar-refractivity contribution in [1.82, 2.24) is 0 Å². The third-order valence-electron chi connectivity index (χ3n) is 1.82. The minimum atomic E-state index is 0.733. The number of rotatable bonds is 4. The van der Waals surface area contributed by atoms with Crippen molar-refractivity contribution in [1.29, 1.82) is 0 Å². The van der Waals surface area contributed by atoms with Gasteiger partial charge in [0, 0.05) is 6.42 Å². The van der Waals surface area contributed by atoms with Crippen molar-refractivity contribution < 1.29 is 4.58 Å². The highest BCUT2D eigenvalue weighted by Gasteiger charge is 2.06. The van der Waals surface area contributed by atoms with Crippen LogP contribution in [0.5, 0.6) is 0 Å². The van der Waals surface area contributed by atoms with E-state index < -0.39 is 0 Å². The number of allylic oxidation sites excluding steroid dienone is 1. The minimum absolute atomic E-state index is 0.733. The molecule has 1 nitrogen and oxygen atoms in total. The van der Waals surface area contributed by atoms with Gasteiger partial charge in [0.1, 0.15) is 13.8 Å². The molecule has 0 fully saturated rings. The molecule has 0 bridgehead atoms. The molecule has 0 aromatic heterocycles. The summed E-state index contributed by atoms with van der Waals surface area (Å²) in [6, 6.07) is 0. The molecule has 0 heterocycles. The lowest BCUT2D eigenvalue weighted by atomic mass is 10.0. The minimum Gasteiger partial charge on any atom is -0.212 e. The molecular weight excluding hydrogens is 122 g/mol. The molecule has 0 aliphatic carbocycles. The third kappa shape index (κ3) is 3.44. The maximum atomic E-state index is 3.91. The van der Waals surface area contributed by atoms with Crippen LogP contribution in [0.1, 0.15) is 26.7 Å². The van der Waals surface area contributed by atoms with E-state index in [0.29, 0.717) is 0 Å². The molecule has 0 radical (unpaired) electrons. The molecule has 0 aromatic carbocycles. The van der Waals surface area contributed by atoms with Crippen LogP contribution in [0.4, 0.5) is 0 Å². The second-order valence-corrected chi connectivity index (χ2v) is 2.98. The summed E-state index contributed by atoms with van der Waals surface area (Å²) in [7, 11) is 1.94. The lowest BCUT2D eigenvalue weighted by molar-refractivity contribution is -0.437. The Bertz CT molecular complexity index is 136. The van der Waals surface area contributed by atoms with Crippen LogP contribution in [-0.4, -0.2) is 18.3 Å². The second kappa shape index (κ2) is 4.26. The Labute approximate surface area is 64.1 Å². The van der Waals surface area contributed by atoms with E-state index in [2.05, 4.69) is 27.1 Å². The van der Waals surface area contributed by atoms with Crippen molar-refractivity contribution in [2.45, 2.75) is 26.7 Å². The zero-order chi connectivity index (χ0) is 8.15. The van der Waals surface area contributed by atoms with E-state index in [-0.39, 0.29) is 0 Å². The molecule has 0 aliphatic heterocycles. The first kappa shape index (κ1) is 9.41. The van der Waals surface area contributed by atoms with E-state index in [1.54, 1.807) is 0 Å². The maximum Gasteiger partial charge on any atom is 0.173 e. The Morgan fingerprint density at radius 3 is 2.40 bits per heavy atom. The third-order valence-corrected chi connectivity index (χ3v) is 1.82. The summed E-state index contributed by atoms with van der Waals surface area (Å²) in [5.74, 6) is 0.733. The number of nitrogens with zero attached hydrogens (tertiary/aromatic N) is 1. The van der Waals surface area contributed by atoms with Gasteiger partial charge in [-0.2, -0.15) is 0 Å². The Kier molecular flexibility index (Phi) is 4.01. The van der Waals surface area contributed by atoms with Crippen LogP contribution in [0.2, 0.25) is 0 Å². The standard InChI is InChI=1S/C9H18N/c1-6-8(2)7-9(3)10(4)5/h8H,3-4,6-7H2,1-2,5H3/q+1. The van der Waals surface area contributed by atoms with Crippen molar-refractivity contribution in [3.63, 3.8) is 0 Å². The van der Waals surface area contributed by atoms with Crippen molar-refractivity contribution in [3.05, 3.63) is 12.3 Å². The zero-order valence-corrected chi connectivity index (χ0v) is 7.35. The van der Waals surface area contributed by atoms with E-state index in [1.165, 1.54) is 6.42 Å². The molecule has 1 heteroatoms. The van der Waals surface area contributed by atoms with Gasteiger partial charge in [0.15, 0.2) is 5.70 Å². The fourth-order valence-corrected chi connectivity index (χ4v) is 0.702. The molecule has 10 heavy (non-hydrogen) atoms.